The molecule has 0 aromatic rings. The highest BCUT2D eigenvalue weighted by Gasteiger charge is 2.39. The van der Waals surface area contributed by atoms with Gasteiger partial charge in [0.1, 0.15) is 12.3 Å². The lowest BCUT2D eigenvalue weighted by Gasteiger charge is -2.43. The summed E-state index contributed by atoms with van der Waals surface area (Å²) in [7, 11) is 0. The molecule has 5 nitrogen and oxygen atoms in total. The van der Waals surface area contributed by atoms with Crippen molar-refractivity contribution in [2.45, 2.75) is 50.2 Å². The van der Waals surface area contributed by atoms with Gasteiger partial charge in [-0.05, 0) is 12.8 Å². The Morgan fingerprint density at radius 3 is 2.44 bits per heavy atom. The maximum Gasteiger partial charge on any atom is 0.139 e. The molecule has 2 rings (SSSR count). The second-order valence-corrected chi connectivity index (χ2v) is 4.72. The fourth-order valence-corrected chi connectivity index (χ4v) is 2.52. The molecule has 0 amide bonds. The van der Waals surface area contributed by atoms with Crippen molar-refractivity contribution in [1.82, 2.24) is 4.90 Å². The van der Waals surface area contributed by atoms with Crippen LogP contribution in [0.5, 0.6) is 0 Å². The molecule has 0 aromatic heterocycles. The van der Waals surface area contributed by atoms with E-state index in [0.29, 0.717) is 6.42 Å². The van der Waals surface area contributed by atoms with Gasteiger partial charge < -0.3 is 20.1 Å². The summed E-state index contributed by atoms with van der Waals surface area (Å²) >= 11 is 0. The molecule has 94 valence electrons. The maximum absolute atomic E-state index is 9.90. The number of hydrogen-bond donors (Lipinski definition) is 3. The number of piperidine rings is 1. The van der Waals surface area contributed by atoms with E-state index in [4.69, 9.17) is 9.84 Å². The van der Waals surface area contributed by atoms with Crippen molar-refractivity contribution >= 4 is 0 Å². The lowest BCUT2D eigenvalue weighted by Crippen LogP contribution is -2.57. The number of aliphatic hydroxyl groups is 3. The Kier molecular flexibility index (Phi) is 4.16. The lowest BCUT2D eigenvalue weighted by molar-refractivity contribution is -0.228. The molecule has 16 heavy (non-hydrogen) atoms. The van der Waals surface area contributed by atoms with Gasteiger partial charge in [0.25, 0.3) is 0 Å². The van der Waals surface area contributed by atoms with Crippen LogP contribution in [0.2, 0.25) is 0 Å². The topological polar surface area (TPSA) is 73.2 Å². The normalized spacial score (nSPS) is 42.2. The van der Waals surface area contributed by atoms with Gasteiger partial charge in [-0.3, -0.25) is 4.90 Å². The third kappa shape index (κ3) is 2.55. The van der Waals surface area contributed by atoms with Crippen LogP contribution in [0, 0.1) is 0 Å². The van der Waals surface area contributed by atoms with Gasteiger partial charge in [-0.1, -0.05) is 6.42 Å². The second-order valence-electron chi connectivity index (χ2n) is 4.72. The second kappa shape index (κ2) is 5.42. The highest BCUT2D eigenvalue weighted by molar-refractivity contribution is 4.86. The summed E-state index contributed by atoms with van der Waals surface area (Å²) in [6, 6.07) is 0. The average Bonchev–Trinajstić information content (AvgIpc) is 2.33. The standard InChI is InChI=1S/C11H21NO4/c13-7-8-6-9(14)10(15)11(16-8)12-4-2-1-3-5-12/h8-11,13-15H,1-7H2. The van der Waals surface area contributed by atoms with Crippen molar-refractivity contribution in [3.63, 3.8) is 0 Å². The zero-order valence-electron chi connectivity index (χ0n) is 9.46. The summed E-state index contributed by atoms with van der Waals surface area (Å²) in [6.45, 7) is 1.69. The van der Waals surface area contributed by atoms with E-state index in [1.54, 1.807) is 0 Å². The SMILES string of the molecule is OCC1CC(O)C(O)C(N2CCCCC2)O1. The van der Waals surface area contributed by atoms with E-state index >= 15 is 0 Å². The molecule has 2 saturated heterocycles. The lowest BCUT2D eigenvalue weighted by atomic mass is 9.99. The molecule has 4 unspecified atom stereocenters. The minimum Gasteiger partial charge on any atom is -0.394 e. The maximum atomic E-state index is 9.90. The molecule has 0 spiro atoms. The van der Waals surface area contributed by atoms with Crippen LogP contribution >= 0.6 is 0 Å². The summed E-state index contributed by atoms with van der Waals surface area (Å²) in [6.07, 6.45) is 1.26. The Morgan fingerprint density at radius 2 is 1.81 bits per heavy atom. The zero-order valence-corrected chi connectivity index (χ0v) is 9.46. The number of likely N-dealkylation sites (tertiary alicyclic amines) is 1. The minimum absolute atomic E-state index is 0.103. The fourth-order valence-electron chi connectivity index (χ4n) is 2.52. The Morgan fingerprint density at radius 1 is 1.12 bits per heavy atom. The molecule has 0 radical (unpaired) electrons. The molecule has 3 N–H and O–H groups in total. The quantitative estimate of drug-likeness (QED) is 0.586. The summed E-state index contributed by atoms with van der Waals surface area (Å²) in [5.74, 6) is 0. The van der Waals surface area contributed by atoms with Crippen LogP contribution in [-0.2, 0) is 4.74 Å². The molecule has 0 bridgehead atoms. The van der Waals surface area contributed by atoms with Crippen LogP contribution in [0.4, 0.5) is 0 Å². The van der Waals surface area contributed by atoms with Crippen LogP contribution in [0.25, 0.3) is 0 Å². The van der Waals surface area contributed by atoms with Crippen LogP contribution in [0.15, 0.2) is 0 Å². The highest BCUT2D eigenvalue weighted by Crippen LogP contribution is 2.25. The summed E-state index contributed by atoms with van der Waals surface area (Å²) in [4.78, 5) is 2.07. The first-order chi connectivity index (χ1) is 7.72. The minimum atomic E-state index is -0.860. The Bertz CT molecular complexity index is 220. The highest BCUT2D eigenvalue weighted by atomic mass is 16.5. The third-order valence-electron chi connectivity index (χ3n) is 3.48. The monoisotopic (exact) mass is 231 g/mol. The van der Waals surface area contributed by atoms with Gasteiger partial charge in [0.15, 0.2) is 0 Å². The van der Waals surface area contributed by atoms with E-state index in [2.05, 4.69) is 4.90 Å². The Labute approximate surface area is 95.6 Å². The van der Waals surface area contributed by atoms with Gasteiger partial charge in [-0.15, -0.1) is 0 Å². The van der Waals surface area contributed by atoms with E-state index in [-0.39, 0.29) is 12.7 Å². The van der Waals surface area contributed by atoms with E-state index < -0.39 is 18.4 Å². The number of aliphatic hydroxyl groups excluding tert-OH is 3. The van der Waals surface area contributed by atoms with Crippen molar-refractivity contribution in [2.75, 3.05) is 19.7 Å². The van der Waals surface area contributed by atoms with Crippen LogP contribution in [0.3, 0.4) is 0 Å². The van der Waals surface area contributed by atoms with E-state index in [9.17, 15) is 10.2 Å². The number of hydrogen-bond acceptors (Lipinski definition) is 5. The molecule has 0 aromatic carbocycles. The first-order valence-corrected chi connectivity index (χ1v) is 6.09. The predicted octanol–water partition coefficient (Wildman–Crippen LogP) is -0.699. The van der Waals surface area contributed by atoms with Gasteiger partial charge in [0.2, 0.25) is 0 Å². The Hall–Kier alpha value is -0.200. The van der Waals surface area contributed by atoms with Crippen molar-refractivity contribution in [2.24, 2.45) is 0 Å². The summed E-state index contributed by atoms with van der Waals surface area (Å²) in [5.41, 5.74) is 0. The van der Waals surface area contributed by atoms with Gasteiger partial charge >= 0.3 is 0 Å². The Balaban J connectivity index is 1.99. The molecule has 2 fully saturated rings. The average molecular weight is 231 g/mol. The van der Waals surface area contributed by atoms with E-state index in [0.717, 1.165) is 25.9 Å². The molecule has 5 heteroatoms. The number of ether oxygens (including phenoxy) is 1. The molecule has 2 aliphatic heterocycles. The molecule has 2 heterocycles. The van der Waals surface area contributed by atoms with Gasteiger partial charge in [-0.25, -0.2) is 0 Å². The van der Waals surface area contributed by atoms with E-state index in [1.807, 2.05) is 0 Å². The van der Waals surface area contributed by atoms with Crippen LogP contribution in [0.1, 0.15) is 25.7 Å². The number of rotatable bonds is 2. The third-order valence-corrected chi connectivity index (χ3v) is 3.48. The summed E-state index contributed by atoms with van der Waals surface area (Å²) in [5, 5.41) is 28.7. The van der Waals surface area contributed by atoms with Crippen molar-refractivity contribution in [1.29, 1.82) is 0 Å². The van der Waals surface area contributed by atoms with E-state index in [1.165, 1.54) is 6.42 Å². The van der Waals surface area contributed by atoms with Crippen LogP contribution in [-0.4, -0.2) is 64.5 Å². The molecule has 0 saturated carbocycles. The summed E-state index contributed by atoms with van der Waals surface area (Å²) < 4.78 is 5.62. The van der Waals surface area contributed by atoms with Gasteiger partial charge in [-0.2, -0.15) is 0 Å². The molecule has 0 aliphatic carbocycles. The molecule has 2 aliphatic rings. The first kappa shape index (κ1) is 12.3. The molecule has 4 atom stereocenters. The molecular weight excluding hydrogens is 210 g/mol. The predicted molar refractivity (Wildman–Crippen MR) is 57.8 cm³/mol. The van der Waals surface area contributed by atoms with Crippen molar-refractivity contribution in [3.05, 3.63) is 0 Å². The molecular formula is C11H21NO4. The largest absolute Gasteiger partial charge is 0.394 e. The van der Waals surface area contributed by atoms with Gasteiger partial charge in [0, 0.05) is 19.5 Å². The van der Waals surface area contributed by atoms with Crippen molar-refractivity contribution in [3.8, 4) is 0 Å². The first-order valence-electron chi connectivity index (χ1n) is 6.09. The van der Waals surface area contributed by atoms with Crippen molar-refractivity contribution < 1.29 is 20.1 Å². The fraction of sp³-hybridized carbons (Fsp3) is 1.00. The van der Waals surface area contributed by atoms with Crippen LogP contribution < -0.4 is 0 Å². The zero-order chi connectivity index (χ0) is 11.5. The number of nitrogens with zero attached hydrogens (tertiary/aromatic N) is 1. The van der Waals surface area contributed by atoms with Gasteiger partial charge in [0.05, 0.1) is 18.8 Å². The smallest absolute Gasteiger partial charge is 0.139 e.